The van der Waals surface area contributed by atoms with Crippen molar-refractivity contribution in [3.05, 3.63) is 82.2 Å². The van der Waals surface area contributed by atoms with E-state index in [1.165, 1.54) is 4.68 Å². The number of aromatic amines is 1. The molecule has 10 heteroatoms. The quantitative estimate of drug-likeness (QED) is 0.193. The molecule has 1 atom stereocenters. The number of hydrogen-bond acceptors (Lipinski definition) is 6. The number of imidazole rings is 1. The lowest BCUT2D eigenvalue weighted by Gasteiger charge is -2.37. The minimum absolute atomic E-state index is 0.0277. The van der Waals surface area contributed by atoms with Gasteiger partial charge < -0.3 is 14.5 Å². The SMILES string of the molecule is CCCCc1ncc(C(CO[Si](C)(C)C(C)(C)C)c2ccc(Cc3nnnn3-c3ccccc3O)c(Cl)c2)[nH]1. The number of aryl methyl sites for hydroxylation is 1. The lowest BCUT2D eigenvalue weighted by Crippen LogP contribution is -2.41. The molecule has 0 fully saturated rings. The van der Waals surface area contributed by atoms with Gasteiger partial charge in [-0.2, -0.15) is 4.68 Å². The highest BCUT2D eigenvalue weighted by atomic mass is 35.5. The Bertz CT molecular complexity index is 1390. The van der Waals surface area contributed by atoms with Crippen LogP contribution in [0.3, 0.4) is 0 Å². The Labute approximate surface area is 236 Å². The van der Waals surface area contributed by atoms with E-state index in [1.807, 2.05) is 24.4 Å². The fraction of sp³-hybridized carbons (Fsp3) is 0.448. The first kappa shape index (κ1) is 29.0. The molecule has 2 aromatic heterocycles. The maximum atomic E-state index is 10.3. The molecule has 2 heterocycles. The number of tetrazole rings is 1. The van der Waals surface area contributed by atoms with Crippen molar-refractivity contribution in [2.45, 2.75) is 77.4 Å². The van der Waals surface area contributed by atoms with Gasteiger partial charge in [0.1, 0.15) is 17.3 Å². The number of halogens is 1. The molecule has 4 rings (SSSR count). The van der Waals surface area contributed by atoms with Crippen LogP contribution in [0, 0.1) is 0 Å². The summed E-state index contributed by atoms with van der Waals surface area (Å²) in [5.41, 5.74) is 3.51. The number of unbranched alkanes of at least 4 members (excludes halogenated alkanes) is 1. The molecule has 39 heavy (non-hydrogen) atoms. The molecule has 208 valence electrons. The molecular weight excluding hydrogens is 528 g/mol. The zero-order valence-corrected chi connectivity index (χ0v) is 25.5. The predicted octanol–water partition coefficient (Wildman–Crippen LogP) is 6.83. The van der Waals surface area contributed by atoms with Crippen molar-refractivity contribution < 1.29 is 9.53 Å². The van der Waals surface area contributed by atoms with E-state index >= 15 is 0 Å². The van der Waals surface area contributed by atoms with Gasteiger partial charge >= 0.3 is 0 Å². The van der Waals surface area contributed by atoms with Crippen LogP contribution in [0.15, 0.2) is 48.7 Å². The first-order valence-electron chi connectivity index (χ1n) is 13.5. The molecular formula is C29H39ClN6O2Si. The predicted molar refractivity (Wildman–Crippen MR) is 157 cm³/mol. The van der Waals surface area contributed by atoms with Crippen molar-refractivity contribution in [3.8, 4) is 11.4 Å². The van der Waals surface area contributed by atoms with Crippen LogP contribution in [0.2, 0.25) is 23.2 Å². The first-order valence-corrected chi connectivity index (χ1v) is 16.8. The van der Waals surface area contributed by atoms with E-state index in [0.29, 0.717) is 29.6 Å². The number of phenols is 1. The Balaban J connectivity index is 1.62. The van der Waals surface area contributed by atoms with E-state index in [-0.39, 0.29) is 16.7 Å². The molecule has 1 unspecified atom stereocenters. The van der Waals surface area contributed by atoms with Gasteiger partial charge in [-0.3, -0.25) is 0 Å². The highest BCUT2D eigenvalue weighted by molar-refractivity contribution is 6.74. The minimum Gasteiger partial charge on any atom is -0.506 e. The van der Waals surface area contributed by atoms with E-state index in [4.69, 9.17) is 16.0 Å². The molecule has 0 spiro atoms. The van der Waals surface area contributed by atoms with Crippen LogP contribution in [-0.4, -0.2) is 50.2 Å². The number of nitrogens with one attached hydrogen (secondary N) is 1. The second kappa shape index (κ2) is 12.0. The van der Waals surface area contributed by atoms with Crippen molar-refractivity contribution in [3.63, 3.8) is 0 Å². The second-order valence-electron chi connectivity index (χ2n) is 11.5. The third-order valence-corrected chi connectivity index (χ3v) is 12.5. The second-order valence-corrected chi connectivity index (χ2v) is 16.8. The molecule has 4 aromatic rings. The lowest BCUT2D eigenvalue weighted by molar-refractivity contribution is 0.274. The fourth-order valence-electron chi connectivity index (χ4n) is 4.14. The number of rotatable bonds is 11. The van der Waals surface area contributed by atoms with Crippen LogP contribution in [0.1, 0.15) is 74.9 Å². The monoisotopic (exact) mass is 566 g/mol. The number of phenolic OH excluding ortho intramolecular Hbond substituents is 1. The Morgan fingerprint density at radius 3 is 2.62 bits per heavy atom. The van der Waals surface area contributed by atoms with Gasteiger partial charge in [-0.25, -0.2) is 4.98 Å². The van der Waals surface area contributed by atoms with E-state index in [0.717, 1.165) is 41.9 Å². The number of aromatic nitrogens is 6. The Hall–Kier alpha value is -3.01. The number of hydrogen-bond donors (Lipinski definition) is 2. The van der Waals surface area contributed by atoms with Crippen molar-refractivity contribution >= 4 is 19.9 Å². The highest BCUT2D eigenvalue weighted by Gasteiger charge is 2.38. The third-order valence-electron chi connectivity index (χ3n) is 7.68. The Kier molecular flexibility index (Phi) is 8.93. The molecule has 0 saturated heterocycles. The molecule has 0 aliphatic carbocycles. The largest absolute Gasteiger partial charge is 0.506 e. The minimum atomic E-state index is -1.97. The van der Waals surface area contributed by atoms with Crippen LogP contribution in [-0.2, 0) is 17.3 Å². The number of H-pyrrole nitrogens is 1. The first-order chi connectivity index (χ1) is 18.5. The number of para-hydroxylation sites is 2. The smallest absolute Gasteiger partial charge is 0.192 e. The maximum Gasteiger partial charge on any atom is 0.192 e. The van der Waals surface area contributed by atoms with Gasteiger partial charge in [0.05, 0.1) is 0 Å². The molecule has 2 N–H and O–H groups in total. The highest BCUT2D eigenvalue weighted by Crippen LogP contribution is 2.38. The van der Waals surface area contributed by atoms with Crippen molar-refractivity contribution in [2.75, 3.05) is 6.61 Å². The summed E-state index contributed by atoms with van der Waals surface area (Å²) < 4.78 is 8.22. The van der Waals surface area contributed by atoms with Gasteiger partial charge in [0.2, 0.25) is 0 Å². The van der Waals surface area contributed by atoms with Gasteiger partial charge in [0, 0.05) is 42.3 Å². The molecule has 0 bridgehead atoms. The van der Waals surface area contributed by atoms with Crippen LogP contribution in [0.5, 0.6) is 5.75 Å². The third kappa shape index (κ3) is 6.77. The van der Waals surface area contributed by atoms with E-state index in [9.17, 15) is 5.11 Å². The average molecular weight is 567 g/mol. The lowest BCUT2D eigenvalue weighted by atomic mass is 9.95. The molecule has 2 aromatic carbocycles. The van der Waals surface area contributed by atoms with Gasteiger partial charge in [0.15, 0.2) is 14.1 Å². The summed E-state index contributed by atoms with van der Waals surface area (Å²) in [6.07, 6.45) is 5.50. The summed E-state index contributed by atoms with van der Waals surface area (Å²) in [7, 11) is -1.97. The topological polar surface area (TPSA) is 102 Å². The van der Waals surface area contributed by atoms with Crippen LogP contribution in [0.25, 0.3) is 5.69 Å². The van der Waals surface area contributed by atoms with Gasteiger partial charge in [-0.05, 0) is 64.3 Å². The van der Waals surface area contributed by atoms with Crippen molar-refractivity contribution in [1.29, 1.82) is 0 Å². The standard InChI is InChI=1S/C29H39ClN6O2Si/c1-7-8-13-27-31-18-24(32-27)22(19-38-39(5,6)29(2,3)4)20-14-15-21(23(30)16-20)17-28-33-34-35-36(28)25-11-9-10-12-26(25)37/h9-12,14-16,18,22,37H,7-8,13,17,19H2,1-6H3,(H,31,32). The normalized spacial score (nSPS) is 13.1. The Morgan fingerprint density at radius 2 is 1.92 bits per heavy atom. The summed E-state index contributed by atoms with van der Waals surface area (Å²) in [4.78, 5) is 8.20. The zero-order valence-electron chi connectivity index (χ0n) is 23.7. The molecule has 0 aliphatic heterocycles. The summed E-state index contributed by atoms with van der Waals surface area (Å²) in [5.74, 6) is 1.66. The summed E-state index contributed by atoms with van der Waals surface area (Å²) in [6.45, 7) is 14.0. The van der Waals surface area contributed by atoms with E-state index in [2.05, 4.69) is 72.3 Å². The average Bonchev–Trinajstić information content (AvgIpc) is 3.54. The summed E-state index contributed by atoms with van der Waals surface area (Å²) in [6, 6.07) is 13.1. The van der Waals surface area contributed by atoms with Gasteiger partial charge in [-0.15, -0.1) is 5.10 Å². The zero-order chi connectivity index (χ0) is 28.2. The molecule has 8 nitrogen and oxygen atoms in total. The summed E-state index contributed by atoms with van der Waals surface area (Å²) in [5, 5.41) is 23.1. The molecule has 0 saturated carbocycles. The number of aromatic hydroxyl groups is 1. The molecule has 0 amide bonds. The van der Waals surface area contributed by atoms with Crippen LogP contribution in [0.4, 0.5) is 0 Å². The number of benzene rings is 2. The van der Waals surface area contributed by atoms with E-state index < -0.39 is 8.32 Å². The van der Waals surface area contributed by atoms with Crippen molar-refractivity contribution in [2.24, 2.45) is 0 Å². The molecule has 0 aliphatic rings. The van der Waals surface area contributed by atoms with Crippen molar-refractivity contribution in [1.82, 2.24) is 30.2 Å². The van der Waals surface area contributed by atoms with Crippen LogP contribution >= 0.6 is 11.6 Å². The summed E-state index contributed by atoms with van der Waals surface area (Å²) >= 11 is 6.86. The number of nitrogens with zero attached hydrogens (tertiary/aromatic N) is 5. The van der Waals surface area contributed by atoms with Gasteiger partial charge in [-0.1, -0.05) is 70.0 Å². The maximum absolute atomic E-state index is 10.3. The fourth-order valence-corrected chi connectivity index (χ4v) is 5.41. The molecule has 0 radical (unpaired) electrons. The van der Waals surface area contributed by atoms with E-state index in [1.54, 1.807) is 18.2 Å². The Morgan fingerprint density at radius 1 is 1.15 bits per heavy atom. The van der Waals surface area contributed by atoms with Gasteiger partial charge in [0.25, 0.3) is 0 Å². The van der Waals surface area contributed by atoms with Crippen LogP contribution < -0.4 is 0 Å².